The zero-order valence-corrected chi connectivity index (χ0v) is 12.2. The van der Waals surface area contributed by atoms with Crippen molar-refractivity contribution in [3.05, 3.63) is 59.8 Å². The van der Waals surface area contributed by atoms with Crippen molar-refractivity contribution in [3.8, 4) is 0 Å². The molecule has 2 rings (SSSR count). The zero-order chi connectivity index (χ0) is 14.4. The summed E-state index contributed by atoms with van der Waals surface area (Å²) in [6.07, 6.45) is 5.94. The zero-order valence-electron chi connectivity index (χ0n) is 12.2. The fourth-order valence-corrected chi connectivity index (χ4v) is 2.38. The van der Waals surface area contributed by atoms with Gasteiger partial charge in [-0.05, 0) is 31.7 Å². The summed E-state index contributed by atoms with van der Waals surface area (Å²) in [5.74, 6) is 0.150. The number of rotatable bonds is 5. The Morgan fingerprint density at radius 1 is 1.20 bits per heavy atom. The molecule has 1 heterocycles. The van der Waals surface area contributed by atoms with Crippen molar-refractivity contribution in [1.29, 1.82) is 0 Å². The highest BCUT2D eigenvalue weighted by Gasteiger charge is 2.18. The van der Waals surface area contributed by atoms with Gasteiger partial charge in [0.05, 0.1) is 0 Å². The number of hydrogen-bond acceptors (Lipinski definition) is 2. The molecule has 0 N–H and O–H groups in total. The van der Waals surface area contributed by atoms with Crippen molar-refractivity contribution in [2.75, 3.05) is 19.6 Å². The van der Waals surface area contributed by atoms with Crippen LogP contribution < -0.4 is 0 Å². The average molecular weight is 270 g/mol. The van der Waals surface area contributed by atoms with Crippen molar-refractivity contribution < 1.29 is 4.79 Å². The van der Waals surface area contributed by atoms with Gasteiger partial charge in [-0.3, -0.25) is 4.79 Å². The maximum Gasteiger partial charge on any atom is 0.251 e. The number of likely N-dealkylation sites (N-methyl/N-ethyl adjacent to an activating group) is 1. The molecule has 0 atom stereocenters. The number of hydrogen-bond donors (Lipinski definition) is 0. The molecule has 0 saturated carbocycles. The highest BCUT2D eigenvalue weighted by Crippen LogP contribution is 2.14. The predicted molar refractivity (Wildman–Crippen MR) is 82.0 cm³/mol. The predicted octanol–water partition coefficient (Wildman–Crippen LogP) is 2.81. The van der Waals surface area contributed by atoms with Gasteiger partial charge in [-0.2, -0.15) is 0 Å². The Balaban J connectivity index is 2.00. The molecule has 20 heavy (non-hydrogen) atoms. The van der Waals surface area contributed by atoms with E-state index in [-0.39, 0.29) is 5.91 Å². The first-order valence-corrected chi connectivity index (χ1v) is 7.19. The van der Waals surface area contributed by atoms with Crippen LogP contribution in [-0.2, 0) is 11.3 Å². The third-order valence-corrected chi connectivity index (χ3v) is 3.52. The highest BCUT2D eigenvalue weighted by molar-refractivity contribution is 5.94. The molecule has 0 aromatic heterocycles. The van der Waals surface area contributed by atoms with Gasteiger partial charge in [-0.15, -0.1) is 0 Å². The van der Waals surface area contributed by atoms with Crippen molar-refractivity contribution in [2.45, 2.75) is 20.4 Å². The summed E-state index contributed by atoms with van der Waals surface area (Å²) in [5.41, 5.74) is 2.13. The van der Waals surface area contributed by atoms with Crippen LogP contribution in [0.2, 0.25) is 0 Å². The minimum Gasteiger partial charge on any atom is -0.369 e. The summed E-state index contributed by atoms with van der Waals surface area (Å²) in [6.45, 7) is 7.07. The van der Waals surface area contributed by atoms with Gasteiger partial charge in [0, 0.05) is 31.8 Å². The van der Waals surface area contributed by atoms with Gasteiger partial charge < -0.3 is 9.80 Å². The lowest BCUT2D eigenvalue weighted by atomic mass is 10.1. The molecule has 1 aliphatic rings. The molecule has 0 aliphatic carbocycles. The van der Waals surface area contributed by atoms with Crippen molar-refractivity contribution in [2.24, 2.45) is 0 Å². The van der Waals surface area contributed by atoms with E-state index in [1.807, 2.05) is 55.3 Å². The Morgan fingerprint density at radius 2 is 1.90 bits per heavy atom. The Kier molecular flexibility index (Phi) is 4.99. The summed E-state index contributed by atoms with van der Waals surface area (Å²) in [4.78, 5) is 16.4. The first kappa shape index (κ1) is 14.4. The first-order chi connectivity index (χ1) is 9.74. The van der Waals surface area contributed by atoms with Gasteiger partial charge >= 0.3 is 0 Å². The van der Waals surface area contributed by atoms with Gasteiger partial charge in [0.1, 0.15) is 0 Å². The maximum absolute atomic E-state index is 12.4. The smallest absolute Gasteiger partial charge is 0.251 e. The average Bonchev–Trinajstić information content (AvgIpc) is 2.49. The van der Waals surface area contributed by atoms with Crippen LogP contribution in [0.3, 0.4) is 0 Å². The van der Waals surface area contributed by atoms with Crippen LogP contribution in [-0.4, -0.2) is 35.3 Å². The van der Waals surface area contributed by atoms with Crippen molar-refractivity contribution in [1.82, 2.24) is 9.80 Å². The lowest BCUT2D eigenvalue weighted by molar-refractivity contribution is -0.127. The molecular formula is C17H22N2O. The molecule has 1 aliphatic heterocycles. The molecule has 0 unspecified atom stereocenters. The Morgan fingerprint density at radius 3 is 2.55 bits per heavy atom. The lowest BCUT2D eigenvalue weighted by Gasteiger charge is -2.27. The summed E-state index contributed by atoms with van der Waals surface area (Å²) in [6, 6.07) is 10.3. The lowest BCUT2D eigenvalue weighted by Crippen LogP contribution is -2.36. The normalized spacial score (nSPS) is 14.1. The second kappa shape index (κ2) is 6.94. The maximum atomic E-state index is 12.4. The van der Waals surface area contributed by atoms with Gasteiger partial charge in [0.15, 0.2) is 0 Å². The summed E-state index contributed by atoms with van der Waals surface area (Å²) >= 11 is 0. The van der Waals surface area contributed by atoms with Crippen LogP contribution in [0.15, 0.2) is 54.3 Å². The van der Waals surface area contributed by atoms with Crippen LogP contribution in [0.4, 0.5) is 0 Å². The van der Waals surface area contributed by atoms with Crippen molar-refractivity contribution in [3.63, 3.8) is 0 Å². The molecule has 1 aromatic rings. The molecule has 1 aromatic carbocycles. The number of amides is 1. The fourth-order valence-electron chi connectivity index (χ4n) is 2.38. The number of nitrogens with zero attached hydrogens (tertiary/aromatic N) is 2. The number of carbonyl (C=O) groups is 1. The topological polar surface area (TPSA) is 23.6 Å². The minimum atomic E-state index is 0.150. The molecule has 0 fully saturated rings. The summed E-state index contributed by atoms with van der Waals surface area (Å²) < 4.78 is 0. The Labute approximate surface area is 121 Å². The van der Waals surface area contributed by atoms with E-state index < -0.39 is 0 Å². The summed E-state index contributed by atoms with van der Waals surface area (Å²) in [7, 11) is 0. The van der Waals surface area contributed by atoms with Crippen LogP contribution in [0, 0.1) is 0 Å². The number of carbonyl (C=O) groups excluding carboxylic acids is 1. The molecule has 0 spiro atoms. The van der Waals surface area contributed by atoms with Crippen LogP contribution in [0.25, 0.3) is 0 Å². The van der Waals surface area contributed by atoms with Crippen LogP contribution in [0.1, 0.15) is 19.4 Å². The minimum absolute atomic E-state index is 0.150. The monoisotopic (exact) mass is 270 g/mol. The Hall–Kier alpha value is -2.03. The van der Waals surface area contributed by atoms with E-state index in [1.165, 1.54) is 5.56 Å². The summed E-state index contributed by atoms with van der Waals surface area (Å²) in [5, 5.41) is 0. The molecule has 106 valence electrons. The Bertz CT molecular complexity index is 501. The van der Waals surface area contributed by atoms with Gasteiger partial charge in [-0.1, -0.05) is 36.4 Å². The SMILES string of the molecule is CCN(CC)C(=O)C1=CC=CN(Cc2ccccc2)C1. The molecule has 3 heteroatoms. The van der Waals surface area contributed by atoms with E-state index in [0.717, 1.165) is 25.2 Å². The van der Waals surface area contributed by atoms with Gasteiger partial charge in [-0.25, -0.2) is 0 Å². The van der Waals surface area contributed by atoms with E-state index in [0.29, 0.717) is 6.54 Å². The van der Waals surface area contributed by atoms with Gasteiger partial charge in [0.25, 0.3) is 5.91 Å². The molecule has 0 radical (unpaired) electrons. The van der Waals surface area contributed by atoms with Crippen LogP contribution >= 0.6 is 0 Å². The van der Waals surface area contributed by atoms with Crippen LogP contribution in [0.5, 0.6) is 0 Å². The molecule has 3 nitrogen and oxygen atoms in total. The largest absolute Gasteiger partial charge is 0.369 e. The molecule has 0 saturated heterocycles. The second-order valence-electron chi connectivity index (χ2n) is 4.90. The van der Waals surface area contributed by atoms with E-state index in [2.05, 4.69) is 17.0 Å². The quantitative estimate of drug-likeness (QED) is 0.821. The van der Waals surface area contributed by atoms with E-state index >= 15 is 0 Å². The second-order valence-corrected chi connectivity index (χ2v) is 4.90. The third-order valence-electron chi connectivity index (χ3n) is 3.52. The molecule has 0 bridgehead atoms. The van der Waals surface area contributed by atoms with E-state index in [1.54, 1.807) is 0 Å². The van der Waals surface area contributed by atoms with E-state index in [4.69, 9.17) is 0 Å². The fraction of sp³-hybridized carbons (Fsp3) is 0.353. The first-order valence-electron chi connectivity index (χ1n) is 7.19. The van der Waals surface area contributed by atoms with Gasteiger partial charge in [0.2, 0.25) is 0 Å². The third kappa shape index (κ3) is 3.50. The molecular weight excluding hydrogens is 248 g/mol. The van der Waals surface area contributed by atoms with Crippen molar-refractivity contribution >= 4 is 5.91 Å². The standard InChI is InChI=1S/C17H22N2O/c1-3-19(4-2)17(20)16-11-8-12-18(14-16)13-15-9-6-5-7-10-15/h5-12H,3-4,13-14H2,1-2H3. The molecule has 1 amide bonds. The highest BCUT2D eigenvalue weighted by atomic mass is 16.2. The van der Waals surface area contributed by atoms with E-state index in [9.17, 15) is 4.79 Å². The number of allylic oxidation sites excluding steroid dienone is 2. The number of benzene rings is 1.